The topological polar surface area (TPSA) is 91.3 Å². The summed E-state index contributed by atoms with van der Waals surface area (Å²) in [5.74, 6) is 0.447. The van der Waals surface area contributed by atoms with Crippen molar-refractivity contribution in [2.75, 3.05) is 13.1 Å². The lowest BCUT2D eigenvalue weighted by Crippen LogP contribution is -2.43. The van der Waals surface area contributed by atoms with Gasteiger partial charge in [-0.05, 0) is 37.5 Å². The molecule has 3 heterocycles. The van der Waals surface area contributed by atoms with Crippen LogP contribution in [0.2, 0.25) is 0 Å². The number of nitrogens with one attached hydrogen (secondary N) is 1. The third kappa shape index (κ3) is 4.24. The Bertz CT molecular complexity index is 1100. The maximum atomic E-state index is 13.2. The van der Waals surface area contributed by atoms with Crippen molar-refractivity contribution in [2.24, 2.45) is 5.92 Å². The number of carbonyl (C=O) groups excluding carboxylic acids is 2. The fraction of sp³-hybridized carbons (Fsp3) is 0.292. The molecule has 31 heavy (non-hydrogen) atoms. The van der Waals surface area contributed by atoms with Crippen LogP contribution in [0.1, 0.15) is 40.1 Å². The van der Waals surface area contributed by atoms with Gasteiger partial charge in [-0.15, -0.1) is 0 Å². The summed E-state index contributed by atoms with van der Waals surface area (Å²) in [6.07, 6.45) is 4.73. The van der Waals surface area contributed by atoms with E-state index >= 15 is 0 Å². The fourth-order valence-corrected chi connectivity index (χ4v) is 3.98. The van der Waals surface area contributed by atoms with E-state index in [0.29, 0.717) is 49.7 Å². The molecule has 7 heteroatoms. The standard InChI is InChI=1S/C24H24N4O3/c1-17-21(20(15-25)24(31-17)28-11-5-6-12-28)23(30)27-13-9-19(10-14-27)22(29)26-16-18-7-3-2-4-8-18/h2-8,11-12,19H,9-10,13-14,16H2,1H3,(H,26,29). The first-order chi connectivity index (χ1) is 15.1. The first-order valence-electron chi connectivity index (χ1n) is 10.4. The van der Waals surface area contributed by atoms with E-state index in [1.165, 1.54) is 0 Å². The first-order valence-corrected chi connectivity index (χ1v) is 10.4. The zero-order valence-corrected chi connectivity index (χ0v) is 17.4. The average molecular weight is 416 g/mol. The number of hydrogen-bond acceptors (Lipinski definition) is 4. The fourth-order valence-electron chi connectivity index (χ4n) is 3.98. The highest BCUT2D eigenvalue weighted by Crippen LogP contribution is 2.28. The molecule has 0 aliphatic carbocycles. The van der Waals surface area contributed by atoms with Gasteiger partial charge in [-0.1, -0.05) is 30.3 Å². The number of benzene rings is 1. The van der Waals surface area contributed by atoms with Crippen molar-refractivity contribution in [3.8, 4) is 12.0 Å². The van der Waals surface area contributed by atoms with Gasteiger partial charge < -0.3 is 14.6 Å². The predicted molar refractivity (Wildman–Crippen MR) is 114 cm³/mol. The minimum Gasteiger partial charge on any atom is -0.443 e. The van der Waals surface area contributed by atoms with E-state index < -0.39 is 0 Å². The van der Waals surface area contributed by atoms with E-state index in [1.807, 2.05) is 42.5 Å². The number of aryl methyl sites for hydroxylation is 1. The molecule has 0 bridgehead atoms. The van der Waals surface area contributed by atoms with Crippen LogP contribution in [-0.2, 0) is 11.3 Å². The van der Waals surface area contributed by atoms with E-state index in [4.69, 9.17) is 4.42 Å². The number of likely N-dealkylation sites (tertiary alicyclic amines) is 1. The van der Waals surface area contributed by atoms with Crippen LogP contribution in [0.3, 0.4) is 0 Å². The second-order valence-corrected chi connectivity index (χ2v) is 7.69. The molecule has 0 unspecified atom stereocenters. The molecule has 1 saturated heterocycles. The number of carbonyl (C=O) groups is 2. The lowest BCUT2D eigenvalue weighted by Gasteiger charge is -2.31. The maximum absolute atomic E-state index is 13.2. The van der Waals surface area contributed by atoms with Crippen LogP contribution in [0.4, 0.5) is 0 Å². The van der Waals surface area contributed by atoms with Crippen molar-refractivity contribution in [3.63, 3.8) is 0 Å². The Labute approximate surface area is 180 Å². The van der Waals surface area contributed by atoms with Gasteiger partial charge in [0.05, 0.1) is 0 Å². The molecule has 7 nitrogen and oxygen atoms in total. The first kappa shape index (κ1) is 20.5. The van der Waals surface area contributed by atoms with Crippen molar-refractivity contribution in [3.05, 3.63) is 77.3 Å². The van der Waals surface area contributed by atoms with Crippen molar-refractivity contribution < 1.29 is 14.0 Å². The number of piperidine rings is 1. The quantitative estimate of drug-likeness (QED) is 0.690. The van der Waals surface area contributed by atoms with Gasteiger partial charge in [-0.25, -0.2) is 0 Å². The summed E-state index contributed by atoms with van der Waals surface area (Å²) in [4.78, 5) is 27.4. The molecule has 0 radical (unpaired) electrons. The molecule has 1 aromatic carbocycles. The Morgan fingerprint density at radius 3 is 2.45 bits per heavy atom. The van der Waals surface area contributed by atoms with E-state index in [0.717, 1.165) is 5.56 Å². The zero-order chi connectivity index (χ0) is 21.8. The van der Waals surface area contributed by atoms with Crippen LogP contribution in [-0.4, -0.2) is 34.4 Å². The third-order valence-electron chi connectivity index (χ3n) is 5.69. The van der Waals surface area contributed by atoms with Gasteiger partial charge >= 0.3 is 0 Å². The van der Waals surface area contributed by atoms with E-state index in [2.05, 4.69) is 11.4 Å². The normalized spacial score (nSPS) is 14.3. The second kappa shape index (κ2) is 8.92. The van der Waals surface area contributed by atoms with E-state index in [1.54, 1.807) is 28.8 Å². The van der Waals surface area contributed by atoms with Gasteiger partial charge in [-0.2, -0.15) is 5.26 Å². The summed E-state index contributed by atoms with van der Waals surface area (Å²) in [7, 11) is 0. The van der Waals surface area contributed by atoms with Crippen LogP contribution in [0.15, 0.2) is 59.3 Å². The zero-order valence-electron chi connectivity index (χ0n) is 17.4. The lowest BCUT2D eigenvalue weighted by molar-refractivity contribution is -0.126. The maximum Gasteiger partial charge on any atom is 0.258 e. The highest BCUT2D eigenvalue weighted by atomic mass is 16.4. The highest BCUT2D eigenvalue weighted by molar-refractivity contribution is 5.98. The molecule has 1 aliphatic rings. The molecule has 158 valence electrons. The van der Waals surface area contributed by atoms with Crippen LogP contribution in [0, 0.1) is 24.2 Å². The Kier molecular flexibility index (Phi) is 5.89. The lowest BCUT2D eigenvalue weighted by atomic mass is 9.95. The smallest absolute Gasteiger partial charge is 0.258 e. The Hall–Kier alpha value is -3.79. The third-order valence-corrected chi connectivity index (χ3v) is 5.69. The summed E-state index contributed by atoms with van der Waals surface area (Å²) < 4.78 is 7.44. The molecule has 1 aliphatic heterocycles. The predicted octanol–water partition coefficient (Wildman–Crippen LogP) is 3.42. The molecule has 1 fully saturated rings. The van der Waals surface area contributed by atoms with E-state index in [9.17, 15) is 14.9 Å². The monoisotopic (exact) mass is 416 g/mol. The number of nitrogens with zero attached hydrogens (tertiary/aromatic N) is 3. The molecular weight excluding hydrogens is 392 g/mol. The second-order valence-electron chi connectivity index (χ2n) is 7.69. The van der Waals surface area contributed by atoms with Crippen LogP contribution in [0.5, 0.6) is 0 Å². The number of aromatic nitrogens is 1. The molecule has 3 aromatic rings. The van der Waals surface area contributed by atoms with Gasteiger partial charge in [0.1, 0.15) is 23.0 Å². The summed E-state index contributed by atoms with van der Waals surface area (Å²) in [6.45, 7) is 3.14. The number of nitriles is 1. The summed E-state index contributed by atoms with van der Waals surface area (Å²) in [5.41, 5.74) is 1.60. The average Bonchev–Trinajstić information content (AvgIpc) is 3.45. The van der Waals surface area contributed by atoms with Gasteiger partial charge in [-0.3, -0.25) is 14.2 Å². The summed E-state index contributed by atoms with van der Waals surface area (Å²) in [5, 5.41) is 12.7. The highest BCUT2D eigenvalue weighted by Gasteiger charge is 2.32. The van der Waals surface area contributed by atoms with Crippen LogP contribution < -0.4 is 5.32 Å². The van der Waals surface area contributed by atoms with Crippen molar-refractivity contribution in [1.29, 1.82) is 5.26 Å². The number of furan rings is 1. The Balaban J connectivity index is 1.40. The van der Waals surface area contributed by atoms with Gasteiger partial charge in [0, 0.05) is 37.9 Å². The molecule has 2 aromatic heterocycles. The van der Waals surface area contributed by atoms with Gasteiger partial charge in [0.2, 0.25) is 11.8 Å². The summed E-state index contributed by atoms with van der Waals surface area (Å²) in [6, 6.07) is 15.6. The van der Waals surface area contributed by atoms with Crippen molar-refractivity contribution in [1.82, 2.24) is 14.8 Å². The van der Waals surface area contributed by atoms with Gasteiger partial charge in [0.25, 0.3) is 5.91 Å². The van der Waals surface area contributed by atoms with Crippen molar-refractivity contribution >= 4 is 11.8 Å². The summed E-state index contributed by atoms with van der Waals surface area (Å²) >= 11 is 0. The molecular formula is C24H24N4O3. The van der Waals surface area contributed by atoms with E-state index in [-0.39, 0.29) is 23.3 Å². The molecule has 4 rings (SSSR count). The molecule has 2 amide bonds. The largest absolute Gasteiger partial charge is 0.443 e. The Morgan fingerprint density at radius 1 is 1.13 bits per heavy atom. The van der Waals surface area contributed by atoms with Crippen molar-refractivity contribution in [2.45, 2.75) is 26.3 Å². The SMILES string of the molecule is Cc1oc(-n2cccc2)c(C#N)c1C(=O)N1CCC(C(=O)NCc2ccccc2)CC1. The molecule has 0 atom stereocenters. The Morgan fingerprint density at radius 2 is 1.81 bits per heavy atom. The number of rotatable bonds is 5. The number of hydrogen-bond donors (Lipinski definition) is 1. The minimum absolute atomic E-state index is 0.0167. The minimum atomic E-state index is -0.223. The molecule has 0 saturated carbocycles. The molecule has 1 N–H and O–H groups in total. The van der Waals surface area contributed by atoms with Gasteiger partial charge in [0.15, 0.2) is 0 Å². The van der Waals surface area contributed by atoms with Crippen LogP contribution in [0.25, 0.3) is 5.88 Å². The molecule has 0 spiro atoms. The number of amides is 2. The van der Waals surface area contributed by atoms with Crippen LogP contribution >= 0.6 is 0 Å².